The maximum atomic E-state index is 4.76. The zero-order chi connectivity index (χ0) is 12.8. The van der Waals surface area contributed by atoms with E-state index in [1.807, 2.05) is 13.2 Å². The summed E-state index contributed by atoms with van der Waals surface area (Å²) in [4.78, 5) is 0. The molecule has 1 rings (SSSR count). The molecule has 1 atom stereocenters. The van der Waals surface area contributed by atoms with Crippen molar-refractivity contribution < 1.29 is 0 Å². The number of likely N-dealkylation sites (N-methyl/N-ethyl adjacent to an activating group) is 1. The van der Waals surface area contributed by atoms with E-state index in [0.29, 0.717) is 5.92 Å². The third kappa shape index (κ3) is 3.30. The van der Waals surface area contributed by atoms with Gasteiger partial charge < -0.3 is 10.6 Å². The van der Waals surface area contributed by atoms with Gasteiger partial charge in [0.05, 0.1) is 5.49 Å². The first-order chi connectivity index (χ1) is 8.11. The van der Waals surface area contributed by atoms with E-state index < -0.39 is 0 Å². The van der Waals surface area contributed by atoms with Gasteiger partial charge in [-0.05, 0) is 30.5 Å². The Morgan fingerprint density at radius 3 is 2.65 bits per heavy atom. The second-order valence-electron chi connectivity index (χ2n) is 4.15. The van der Waals surface area contributed by atoms with E-state index in [4.69, 9.17) is 12.2 Å². The normalized spacial score (nSPS) is 13.1. The quantitative estimate of drug-likeness (QED) is 0.783. The molecule has 0 radical (unpaired) electrons. The molecular formula is C14H20N2S. The number of rotatable bonds is 5. The molecule has 0 aliphatic rings. The van der Waals surface area contributed by atoms with Crippen molar-refractivity contribution in [1.82, 2.24) is 10.6 Å². The fraction of sp³-hybridized carbons (Fsp3) is 0.357. The fourth-order valence-electron chi connectivity index (χ4n) is 1.95. The van der Waals surface area contributed by atoms with Crippen molar-refractivity contribution in [2.45, 2.75) is 26.7 Å². The number of hydrogen-bond donors (Lipinski definition) is 2. The largest absolute Gasteiger partial charge is 0.390 e. The number of aryl methyl sites for hydroxylation is 1. The van der Waals surface area contributed by atoms with Crippen LogP contribution in [-0.4, -0.2) is 12.5 Å². The van der Waals surface area contributed by atoms with Crippen LogP contribution in [0.3, 0.4) is 0 Å². The average molecular weight is 248 g/mol. The van der Waals surface area contributed by atoms with Gasteiger partial charge in [0.1, 0.15) is 0 Å². The van der Waals surface area contributed by atoms with Crippen molar-refractivity contribution >= 4 is 17.7 Å². The highest BCUT2D eigenvalue weighted by Crippen LogP contribution is 2.26. The summed E-state index contributed by atoms with van der Waals surface area (Å²) < 4.78 is 0. The maximum Gasteiger partial charge on any atom is 0.0654 e. The zero-order valence-electron chi connectivity index (χ0n) is 10.9. The first-order valence-corrected chi connectivity index (χ1v) is 6.22. The Kier molecular flexibility index (Phi) is 5.16. The van der Waals surface area contributed by atoms with Crippen molar-refractivity contribution in [1.29, 1.82) is 0 Å². The van der Waals surface area contributed by atoms with Crippen LogP contribution in [0, 0.1) is 13.8 Å². The Morgan fingerprint density at radius 2 is 2.06 bits per heavy atom. The van der Waals surface area contributed by atoms with Crippen LogP contribution in [0.25, 0.3) is 0 Å². The summed E-state index contributed by atoms with van der Waals surface area (Å²) in [6.45, 7) is 6.50. The van der Waals surface area contributed by atoms with Gasteiger partial charge in [-0.15, -0.1) is 0 Å². The van der Waals surface area contributed by atoms with Crippen LogP contribution in [0.5, 0.6) is 0 Å². The van der Waals surface area contributed by atoms with Crippen LogP contribution < -0.4 is 10.6 Å². The number of allylic oxidation sites excluding steroid dienone is 1. The standard InChI is InChI=1S/C14H20N2S/c1-10-6-5-7-13(11(10)2)12(3)14(15-4)8-16-9-17/h5-9,12,15H,1-4H3,(H,16,17)/b14-8-. The predicted octanol–water partition coefficient (Wildman–Crippen LogP) is 3.01. The average Bonchev–Trinajstić information content (AvgIpc) is 2.33. The van der Waals surface area contributed by atoms with Gasteiger partial charge in [-0.2, -0.15) is 0 Å². The van der Waals surface area contributed by atoms with Gasteiger partial charge >= 0.3 is 0 Å². The van der Waals surface area contributed by atoms with Crippen LogP contribution in [0.1, 0.15) is 29.5 Å². The molecule has 0 saturated heterocycles. The molecule has 0 aromatic heterocycles. The molecule has 3 heteroatoms. The number of hydrogen-bond acceptors (Lipinski definition) is 2. The SMILES string of the molecule is CN/C(=C\NC=S)C(C)c1cccc(C)c1C. The molecule has 0 aliphatic carbocycles. The van der Waals surface area contributed by atoms with Gasteiger partial charge in [0.15, 0.2) is 0 Å². The molecule has 1 aromatic rings. The fourth-order valence-corrected chi connectivity index (χ4v) is 2.02. The Morgan fingerprint density at radius 1 is 1.35 bits per heavy atom. The van der Waals surface area contributed by atoms with Crippen molar-refractivity contribution in [2.24, 2.45) is 0 Å². The van der Waals surface area contributed by atoms with Gasteiger partial charge in [-0.25, -0.2) is 0 Å². The summed E-state index contributed by atoms with van der Waals surface area (Å²) in [5.41, 5.74) is 6.65. The van der Waals surface area contributed by atoms with E-state index in [1.54, 1.807) is 0 Å². The van der Waals surface area contributed by atoms with Gasteiger partial charge in [0, 0.05) is 24.9 Å². The Labute approximate surface area is 109 Å². The molecule has 0 fully saturated rings. The molecule has 17 heavy (non-hydrogen) atoms. The van der Waals surface area contributed by atoms with Gasteiger partial charge in [-0.3, -0.25) is 0 Å². The highest BCUT2D eigenvalue weighted by Gasteiger charge is 2.13. The summed E-state index contributed by atoms with van der Waals surface area (Å²) in [6, 6.07) is 6.42. The topological polar surface area (TPSA) is 24.1 Å². The second kappa shape index (κ2) is 6.40. The minimum Gasteiger partial charge on any atom is -0.390 e. The molecule has 0 bridgehead atoms. The predicted molar refractivity (Wildman–Crippen MR) is 78.3 cm³/mol. The highest BCUT2D eigenvalue weighted by molar-refractivity contribution is 7.78. The second-order valence-corrected chi connectivity index (χ2v) is 4.38. The minimum atomic E-state index is 0.322. The van der Waals surface area contributed by atoms with Crippen molar-refractivity contribution in [3.8, 4) is 0 Å². The van der Waals surface area contributed by atoms with E-state index in [9.17, 15) is 0 Å². The maximum absolute atomic E-state index is 4.76. The van der Waals surface area contributed by atoms with Crippen molar-refractivity contribution in [2.75, 3.05) is 7.05 Å². The smallest absolute Gasteiger partial charge is 0.0654 e. The minimum absolute atomic E-state index is 0.322. The molecule has 0 aliphatic heterocycles. The Bertz CT molecular complexity index is 424. The molecule has 2 N–H and O–H groups in total. The molecular weight excluding hydrogens is 228 g/mol. The van der Waals surface area contributed by atoms with Crippen LogP contribution in [-0.2, 0) is 0 Å². The van der Waals surface area contributed by atoms with E-state index in [0.717, 1.165) is 5.70 Å². The molecule has 0 spiro atoms. The van der Waals surface area contributed by atoms with E-state index in [-0.39, 0.29) is 0 Å². The van der Waals surface area contributed by atoms with Crippen LogP contribution in [0.15, 0.2) is 30.1 Å². The highest BCUT2D eigenvalue weighted by atomic mass is 32.1. The van der Waals surface area contributed by atoms with Crippen LogP contribution in [0.2, 0.25) is 0 Å². The molecule has 0 saturated carbocycles. The van der Waals surface area contributed by atoms with Crippen molar-refractivity contribution in [3.05, 3.63) is 46.8 Å². The summed E-state index contributed by atoms with van der Waals surface area (Å²) in [5, 5.41) is 6.16. The number of thiocarbonyl (C=S) groups is 1. The summed E-state index contributed by atoms with van der Waals surface area (Å²) in [7, 11) is 1.93. The van der Waals surface area contributed by atoms with Crippen molar-refractivity contribution in [3.63, 3.8) is 0 Å². The summed E-state index contributed by atoms with van der Waals surface area (Å²) in [5.74, 6) is 0.322. The first-order valence-electron chi connectivity index (χ1n) is 5.75. The monoisotopic (exact) mass is 248 g/mol. The van der Waals surface area contributed by atoms with Gasteiger partial charge in [0.25, 0.3) is 0 Å². The molecule has 1 unspecified atom stereocenters. The lowest BCUT2D eigenvalue weighted by atomic mass is 9.91. The lowest BCUT2D eigenvalue weighted by Gasteiger charge is -2.19. The molecule has 0 heterocycles. The van der Waals surface area contributed by atoms with Crippen LogP contribution >= 0.6 is 12.2 Å². The summed E-state index contributed by atoms with van der Waals surface area (Å²) in [6.07, 6.45) is 1.92. The molecule has 1 aromatic carbocycles. The van der Waals surface area contributed by atoms with Gasteiger partial charge in [-0.1, -0.05) is 37.3 Å². The molecule has 0 amide bonds. The van der Waals surface area contributed by atoms with E-state index in [1.165, 1.54) is 22.2 Å². The van der Waals surface area contributed by atoms with Crippen LogP contribution in [0.4, 0.5) is 0 Å². The Hall–Kier alpha value is -1.35. The lowest BCUT2D eigenvalue weighted by molar-refractivity contribution is 0.776. The first kappa shape index (κ1) is 13.7. The molecule has 92 valence electrons. The third-order valence-corrected chi connectivity index (χ3v) is 3.31. The van der Waals surface area contributed by atoms with E-state index in [2.05, 4.69) is 49.6 Å². The lowest BCUT2D eigenvalue weighted by Crippen LogP contribution is -2.17. The zero-order valence-corrected chi connectivity index (χ0v) is 11.7. The third-order valence-electron chi connectivity index (χ3n) is 3.18. The Balaban J connectivity index is 3.05. The summed E-state index contributed by atoms with van der Waals surface area (Å²) >= 11 is 4.76. The van der Waals surface area contributed by atoms with E-state index >= 15 is 0 Å². The number of benzene rings is 1. The number of nitrogens with one attached hydrogen (secondary N) is 2. The molecule has 2 nitrogen and oxygen atoms in total. The van der Waals surface area contributed by atoms with Gasteiger partial charge in [0.2, 0.25) is 0 Å².